The lowest BCUT2D eigenvalue weighted by Gasteiger charge is -2.35. The van der Waals surface area contributed by atoms with Crippen molar-refractivity contribution in [2.45, 2.75) is 26.7 Å². The lowest BCUT2D eigenvalue weighted by molar-refractivity contribution is 0.0746. The van der Waals surface area contributed by atoms with Crippen LogP contribution < -0.4 is 9.64 Å². The second kappa shape index (κ2) is 9.59. The molecule has 2 aromatic heterocycles. The Morgan fingerprint density at radius 2 is 1.77 bits per heavy atom. The number of hydrogen-bond acceptors (Lipinski definition) is 6. The Bertz CT molecular complexity index is 1010. The molecular weight excluding hydrogens is 392 g/mol. The van der Waals surface area contributed by atoms with Crippen LogP contribution in [0, 0.1) is 6.92 Å². The van der Waals surface area contributed by atoms with Gasteiger partial charge in [0, 0.05) is 44.0 Å². The Balaban J connectivity index is 1.35. The summed E-state index contributed by atoms with van der Waals surface area (Å²) in [7, 11) is 0. The van der Waals surface area contributed by atoms with Gasteiger partial charge in [0.15, 0.2) is 5.82 Å². The van der Waals surface area contributed by atoms with Gasteiger partial charge in [-0.2, -0.15) is 5.10 Å². The van der Waals surface area contributed by atoms with Crippen LogP contribution in [0.2, 0.25) is 0 Å². The van der Waals surface area contributed by atoms with Gasteiger partial charge in [-0.15, -0.1) is 0 Å². The molecule has 3 heterocycles. The number of unbranched alkanes of at least 4 members (excludes halogenated alkanes) is 1. The van der Waals surface area contributed by atoms with Crippen LogP contribution in [0.15, 0.2) is 48.9 Å². The lowest BCUT2D eigenvalue weighted by atomic mass is 10.1. The fourth-order valence-corrected chi connectivity index (χ4v) is 3.53. The van der Waals surface area contributed by atoms with Crippen LogP contribution in [-0.4, -0.2) is 63.3 Å². The van der Waals surface area contributed by atoms with Crippen molar-refractivity contribution in [1.82, 2.24) is 24.6 Å². The highest BCUT2D eigenvalue weighted by molar-refractivity contribution is 5.94. The van der Waals surface area contributed by atoms with Gasteiger partial charge in [-0.25, -0.2) is 14.6 Å². The number of hydrogen-bond donors (Lipinski definition) is 0. The molecule has 0 spiro atoms. The van der Waals surface area contributed by atoms with Crippen LogP contribution in [-0.2, 0) is 0 Å². The average molecular weight is 421 g/mol. The summed E-state index contributed by atoms with van der Waals surface area (Å²) in [6, 6.07) is 11.3. The van der Waals surface area contributed by atoms with Crippen molar-refractivity contribution < 1.29 is 9.53 Å². The molecule has 1 amide bonds. The standard InChI is InChI=1S/C23H28N6O2/c1-3-4-15-31-20-7-5-19(6-8-20)23(30)28-13-11-27(12-14-28)21-16-22(25-17-24-21)29-10-9-18(2)26-29/h5-10,16-17H,3-4,11-15H2,1-2H3. The first-order chi connectivity index (χ1) is 15.1. The van der Waals surface area contributed by atoms with Crippen molar-refractivity contribution in [3.8, 4) is 11.6 Å². The molecule has 0 unspecified atom stereocenters. The molecule has 8 heteroatoms. The fourth-order valence-electron chi connectivity index (χ4n) is 3.53. The van der Waals surface area contributed by atoms with E-state index >= 15 is 0 Å². The first-order valence-corrected chi connectivity index (χ1v) is 10.8. The summed E-state index contributed by atoms with van der Waals surface area (Å²) in [5, 5.41) is 4.41. The van der Waals surface area contributed by atoms with Gasteiger partial charge in [-0.05, 0) is 43.7 Å². The quantitative estimate of drug-likeness (QED) is 0.547. The van der Waals surface area contributed by atoms with Gasteiger partial charge in [0.1, 0.15) is 17.9 Å². The van der Waals surface area contributed by atoms with E-state index in [0.29, 0.717) is 25.3 Å². The molecule has 0 saturated carbocycles. The van der Waals surface area contributed by atoms with E-state index in [4.69, 9.17) is 4.74 Å². The number of aromatic nitrogens is 4. The highest BCUT2D eigenvalue weighted by Crippen LogP contribution is 2.18. The third-order valence-electron chi connectivity index (χ3n) is 5.35. The van der Waals surface area contributed by atoms with Gasteiger partial charge >= 0.3 is 0 Å². The zero-order valence-electron chi connectivity index (χ0n) is 18.1. The van der Waals surface area contributed by atoms with Gasteiger partial charge in [0.2, 0.25) is 0 Å². The fraction of sp³-hybridized carbons (Fsp3) is 0.391. The predicted octanol–water partition coefficient (Wildman–Crippen LogP) is 3.11. The van der Waals surface area contributed by atoms with Crippen LogP contribution in [0.4, 0.5) is 5.82 Å². The number of benzene rings is 1. The number of carbonyl (C=O) groups is 1. The molecule has 31 heavy (non-hydrogen) atoms. The van der Waals surface area contributed by atoms with E-state index in [1.54, 1.807) is 11.0 Å². The Morgan fingerprint density at radius 3 is 2.45 bits per heavy atom. The van der Waals surface area contributed by atoms with Crippen molar-refractivity contribution >= 4 is 11.7 Å². The monoisotopic (exact) mass is 420 g/mol. The van der Waals surface area contributed by atoms with E-state index in [1.807, 2.05) is 54.4 Å². The molecule has 1 fully saturated rings. The molecule has 0 radical (unpaired) electrons. The van der Waals surface area contributed by atoms with Crippen LogP contribution in [0.5, 0.6) is 5.75 Å². The lowest BCUT2D eigenvalue weighted by Crippen LogP contribution is -2.49. The smallest absolute Gasteiger partial charge is 0.253 e. The SMILES string of the molecule is CCCCOc1ccc(C(=O)N2CCN(c3cc(-n4ccc(C)n4)ncn3)CC2)cc1. The first kappa shape index (κ1) is 20.8. The largest absolute Gasteiger partial charge is 0.494 e. The number of rotatable bonds is 7. The van der Waals surface area contributed by atoms with E-state index < -0.39 is 0 Å². The van der Waals surface area contributed by atoms with Crippen LogP contribution in [0.25, 0.3) is 5.82 Å². The van der Waals surface area contributed by atoms with Gasteiger partial charge in [-0.3, -0.25) is 4.79 Å². The number of carbonyl (C=O) groups excluding carboxylic acids is 1. The summed E-state index contributed by atoms with van der Waals surface area (Å²) in [6.45, 7) is 7.52. The van der Waals surface area contributed by atoms with E-state index in [0.717, 1.165) is 49.0 Å². The van der Waals surface area contributed by atoms with E-state index in [-0.39, 0.29) is 5.91 Å². The Morgan fingerprint density at radius 1 is 1.03 bits per heavy atom. The molecule has 0 bridgehead atoms. The molecule has 4 rings (SSSR count). The zero-order valence-corrected chi connectivity index (χ0v) is 18.1. The van der Waals surface area contributed by atoms with Crippen molar-refractivity contribution in [1.29, 1.82) is 0 Å². The summed E-state index contributed by atoms with van der Waals surface area (Å²) >= 11 is 0. The van der Waals surface area contributed by atoms with Crippen LogP contribution in [0.1, 0.15) is 35.8 Å². The summed E-state index contributed by atoms with van der Waals surface area (Å²) in [5.41, 5.74) is 1.63. The van der Waals surface area contributed by atoms with E-state index in [9.17, 15) is 4.79 Å². The third kappa shape index (κ3) is 5.02. The third-order valence-corrected chi connectivity index (χ3v) is 5.35. The molecule has 8 nitrogen and oxygen atoms in total. The molecule has 0 atom stereocenters. The molecule has 1 saturated heterocycles. The second-order valence-electron chi connectivity index (χ2n) is 7.64. The van der Waals surface area contributed by atoms with Gasteiger partial charge in [0.25, 0.3) is 5.91 Å². The van der Waals surface area contributed by atoms with Crippen molar-refractivity contribution in [3.63, 3.8) is 0 Å². The molecule has 1 aromatic carbocycles. The number of anilines is 1. The second-order valence-corrected chi connectivity index (χ2v) is 7.64. The molecular formula is C23H28N6O2. The van der Waals surface area contributed by atoms with Crippen molar-refractivity contribution in [3.05, 3.63) is 60.2 Å². The molecule has 0 N–H and O–H groups in total. The van der Waals surface area contributed by atoms with Crippen LogP contribution in [0.3, 0.4) is 0 Å². The Labute approximate surface area is 182 Å². The molecule has 1 aliphatic rings. The predicted molar refractivity (Wildman–Crippen MR) is 119 cm³/mol. The average Bonchev–Trinajstić information content (AvgIpc) is 3.26. The van der Waals surface area contributed by atoms with Crippen molar-refractivity contribution in [2.24, 2.45) is 0 Å². The maximum Gasteiger partial charge on any atom is 0.253 e. The number of amides is 1. The first-order valence-electron chi connectivity index (χ1n) is 10.8. The van der Waals surface area contributed by atoms with E-state index in [1.165, 1.54) is 0 Å². The van der Waals surface area contributed by atoms with Crippen LogP contribution >= 0.6 is 0 Å². The summed E-state index contributed by atoms with van der Waals surface area (Å²) in [6.07, 6.45) is 5.57. The van der Waals surface area contributed by atoms with Crippen molar-refractivity contribution in [2.75, 3.05) is 37.7 Å². The molecule has 0 aliphatic carbocycles. The highest BCUT2D eigenvalue weighted by Gasteiger charge is 2.23. The number of piperazine rings is 1. The highest BCUT2D eigenvalue weighted by atomic mass is 16.5. The minimum atomic E-state index is 0.0511. The van der Waals surface area contributed by atoms with Gasteiger partial charge < -0.3 is 14.5 Å². The van der Waals surface area contributed by atoms with Gasteiger partial charge in [-0.1, -0.05) is 13.3 Å². The molecule has 3 aromatic rings. The summed E-state index contributed by atoms with van der Waals surface area (Å²) in [5.74, 6) is 2.44. The van der Waals surface area contributed by atoms with E-state index in [2.05, 4.69) is 26.9 Å². The van der Waals surface area contributed by atoms with Gasteiger partial charge in [0.05, 0.1) is 12.3 Å². The normalized spacial score (nSPS) is 14.0. The Hall–Kier alpha value is -3.42. The minimum Gasteiger partial charge on any atom is -0.494 e. The number of aryl methyl sites for hydroxylation is 1. The topological polar surface area (TPSA) is 76.4 Å². The number of ether oxygens (including phenoxy) is 1. The molecule has 162 valence electrons. The summed E-state index contributed by atoms with van der Waals surface area (Å²) < 4.78 is 7.43. The maximum absolute atomic E-state index is 12.9. The molecule has 1 aliphatic heterocycles. The maximum atomic E-state index is 12.9. The number of nitrogens with zero attached hydrogens (tertiary/aromatic N) is 6. The summed E-state index contributed by atoms with van der Waals surface area (Å²) in [4.78, 5) is 25.7. The minimum absolute atomic E-state index is 0.0511. The zero-order chi connectivity index (χ0) is 21.6. The Kier molecular flexibility index (Phi) is 6.45.